The zero-order valence-electron chi connectivity index (χ0n) is 14.6. The molecule has 0 unspecified atom stereocenters. The summed E-state index contributed by atoms with van der Waals surface area (Å²) in [5, 5.41) is 12.3. The number of nitrogens with one attached hydrogen (secondary N) is 1. The van der Waals surface area contributed by atoms with Crippen LogP contribution in [-0.4, -0.2) is 48.8 Å². The van der Waals surface area contributed by atoms with Crippen molar-refractivity contribution in [3.8, 4) is 0 Å². The van der Waals surface area contributed by atoms with Crippen molar-refractivity contribution in [1.82, 2.24) is 15.1 Å². The summed E-state index contributed by atoms with van der Waals surface area (Å²) in [5.74, 6) is -0.317. The number of benzene rings is 1. The highest BCUT2D eigenvalue weighted by molar-refractivity contribution is 7.89. The van der Waals surface area contributed by atoms with Crippen molar-refractivity contribution < 1.29 is 13.2 Å². The monoisotopic (exact) mass is 394 g/mol. The third-order valence-corrected chi connectivity index (χ3v) is 5.82. The largest absolute Gasteiger partial charge is 0.297 e. The van der Waals surface area contributed by atoms with Crippen molar-refractivity contribution in [3.63, 3.8) is 0 Å². The maximum Gasteiger partial charge on any atom is 0.257 e. The number of sulfone groups is 1. The average Bonchev–Trinajstić information content (AvgIpc) is 3.02. The minimum absolute atomic E-state index is 0.0365. The molecular formula is C17H22N4O3S2. The fraction of sp³-hybridized carbons (Fsp3) is 0.471. The number of rotatable bonds is 6. The summed E-state index contributed by atoms with van der Waals surface area (Å²) in [6.07, 6.45) is 4.91. The molecule has 1 aromatic heterocycles. The van der Waals surface area contributed by atoms with Crippen molar-refractivity contribution >= 4 is 32.2 Å². The summed E-state index contributed by atoms with van der Waals surface area (Å²) < 4.78 is 22.6. The Morgan fingerprint density at radius 3 is 2.50 bits per heavy atom. The lowest BCUT2D eigenvalue weighted by Gasteiger charge is -2.24. The molecule has 0 spiro atoms. The first-order valence-electron chi connectivity index (χ1n) is 8.52. The standard InChI is InChI=1S/C17H22N4O3S2/c1-26(23,24)12-13-5-7-14(8-6-13)16(22)18-17-20-19-15(25-17)11-21-9-3-2-4-10-21/h5-8H,2-4,9-12H2,1H3,(H,18,20,22). The van der Waals surface area contributed by atoms with Crippen LogP contribution in [0.4, 0.5) is 5.13 Å². The topological polar surface area (TPSA) is 92.3 Å². The predicted molar refractivity (Wildman–Crippen MR) is 102 cm³/mol. The molecule has 2 heterocycles. The Balaban J connectivity index is 1.57. The number of amides is 1. The van der Waals surface area contributed by atoms with Gasteiger partial charge in [0.2, 0.25) is 5.13 Å². The van der Waals surface area contributed by atoms with Gasteiger partial charge in [-0.3, -0.25) is 15.0 Å². The van der Waals surface area contributed by atoms with E-state index in [2.05, 4.69) is 20.4 Å². The van der Waals surface area contributed by atoms with Crippen molar-refractivity contribution in [2.75, 3.05) is 24.7 Å². The van der Waals surface area contributed by atoms with Gasteiger partial charge < -0.3 is 0 Å². The maximum absolute atomic E-state index is 12.3. The molecule has 1 saturated heterocycles. The molecular weight excluding hydrogens is 372 g/mol. The van der Waals surface area contributed by atoms with E-state index < -0.39 is 9.84 Å². The first kappa shape index (κ1) is 18.9. The van der Waals surface area contributed by atoms with Crippen LogP contribution in [-0.2, 0) is 22.1 Å². The second-order valence-electron chi connectivity index (χ2n) is 6.56. The van der Waals surface area contributed by atoms with Gasteiger partial charge in [-0.2, -0.15) is 0 Å². The summed E-state index contributed by atoms with van der Waals surface area (Å²) in [7, 11) is -3.09. The molecule has 1 aromatic carbocycles. The van der Waals surface area contributed by atoms with E-state index in [-0.39, 0.29) is 11.7 Å². The van der Waals surface area contributed by atoms with Crippen LogP contribution in [0, 0.1) is 0 Å². The Labute approximate surface area is 157 Å². The highest BCUT2D eigenvalue weighted by Crippen LogP contribution is 2.20. The van der Waals surface area contributed by atoms with E-state index >= 15 is 0 Å². The minimum Gasteiger partial charge on any atom is -0.297 e. The molecule has 0 radical (unpaired) electrons. The number of piperidine rings is 1. The molecule has 140 valence electrons. The molecule has 0 aliphatic carbocycles. The average molecular weight is 395 g/mol. The van der Waals surface area contributed by atoms with Crippen LogP contribution in [0.1, 0.15) is 40.2 Å². The van der Waals surface area contributed by atoms with Crippen molar-refractivity contribution in [2.45, 2.75) is 31.6 Å². The molecule has 3 rings (SSSR count). The highest BCUT2D eigenvalue weighted by Gasteiger charge is 2.15. The molecule has 1 N–H and O–H groups in total. The van der Waals surface area contributed by atoms with Crippen molar-refractivity contribution in [3.05, 3.63) is 40.4 Å². The van der Waals surface area contributed by atoms with Crippen LogP contribution >= 0.6 is 11.3 Å². The lowest BCUT2D eigenvalue weighted by atomic mass is 10.1. The first-order chi connectivity index (χ1) is 12.4. The van der Waals surface area contributed by atoms with Crippen molar-refractivity contribution in [1.29, 1.82) is 0 Å². The van der Waals surface area contributed by atoms with Gasteiger partial charge in [-0.25, -0.2) is 8.42 Å². The molecule has 7 nitrogen and oxygen atoms in total. The molecule has 0 bridgehead atoms. The van der Waals surface area contributed by atoms with Gasteiger partial charge >= 0.3 is 0 Å². The van der Waals surface area contributed by atoms with Gasteiger partial charge in [0, 0.05) is 11.8 Å². The highest BCUT2D eigenvalue weighted by atomic mass is 32.2. The van der Waals surface area contributed by atoms with E-state index in [1.54, 1.807) is 24.3 Å². The van der Waals surface area contributed by atoms with Gasteiger partial charge in [-0.1, -0.05) is 29.9 Å². The number of hydrogen-bond donors (Lipinski definition) is 1. The molecule has 2 aromatic rings. The Morgan fingerprint density at radius 1 is 1.15 bits per heavy atom. The van der Waals surface area contributed by atoms with Gasteiger partial charge in [0.05, 0.1) is 12.3 Å². The summed E-state index contributed by atoms with van der Waals surface area (Å²) in [4.78, 5) is 14.7. The number of likely N-dealkylation sites (tertiary alicyclic amines) is 1. The summed E-state index contributed by atoms with van der Waals surface area (Å²) in [6.45, 7) is 2.94. The molecule has 9 heteroatoms. The van der Waals surface area contributed by atoms with Gasteiger partial charge in [-0.15, -0.1) is 10.2 Å². The van der Waals surface area contributed by atoms with E-state index in [0.717, 1.165) is 24.6 Å². The van der Waals surface area contributed by atoms with Crippen LogP contribution in [0.2, 0.25) is 0 Å². The van der Waals surface area contributed by atoms with Crippen molar-refractivity contribution in [2.24, 2.45) is 0 Å². The SMILES string of the molecule is CS(=O)(=O)Cc1ccc(C(=O)Nc2nnc(CN3CCCCC3)s2)cc1. The van der Waals surface area contributed by atoms with Crippen LogP contribution in [0.15, 0.2) is 24.3 Å². The van der Waals surface area contributed by atoms with E-state index in [0.29, 0.717) is 16.3 Å². The number of anilines is 1. The molecule has 0 atom stereocenters. The summed E-state index contributed by atoms with van der Waals surface area (Å²) in [6, 6.07) is 6.53. The van der Waals surface area contributed by atoms with Crippen LogP contribution in [0.5, 0.6) is 0 Å². The molecule has 1 fully saturated rings. The van der Waals surface area contributed by atoms with Gasteiger partial charge in [0.1, 0.15) is 5.01 Å². The Hall–Kier alpha value is -1.84. The molecule has 1 aliphatic rings. The third-order valence-electron chi connectivity index (χ3n) is 4.14. The molecule has 1 amide bonds. The lowest BCUT2D eigenvalue weighted by Crippen LogP contribution is -2.28. The smallest absolute Gasteiger partial charge is 0.257 e. The maximum atomic E-state index is 12.3. The summed E-state index contributed by atoms with van der Waals surface area (Å²) >= 11 is 1.39. The quantitative estimate of drug-likeness (QED) is 0.808. The third kappa shape index (κ3) is 5.58. The molecule has 26 heavy (non-hydrogen) atoms. The zero-order valence-corrected chi connectivity index (χ0v) is 16.3. The number of carbonyl (C=O) groups excluding carboxylic acids is 1. The lowest BCUT2D eigenvalue weighted by molar-refractivity contribution is 0.102. The predicted octanol–water partition coefficient (Wildman–Crippen LogP) is 2.32. The normalized spacial score (nSPS) is 15.7. The fourth-order valence-electron chi connectivity index (χ4n) is 2.90. The van der Waals surface area contributed by atoms with E-state index in [1.807, 2.05) is 0 Å². The van der Waals surface area contributed by atoms with Gasteiger partial charge in [-0.05, 0) is 43.6 Å². The molecule has 1 aliphatic heterocycles. The number of carbonyl (C=O) groups is 1. The Bertz CT molecular complexity index is 856. The van der Waals surface area contributed by atoms with Gasteiger partial charge in [0.25, 0.3) is 5.91 Å². The van der Waals surface area contributed by atoms with E-state index in [4.69, 9.17) is 0 Å². The van der Waals surface area contributed by atoms with Gasteiger partial charge in [0.15, 0.2) is 9.84 Å². The fourth-order valence-corrected chi connectivity index (χ4v) is 4.48. The second kappa shape index (κ2) is 8.24. The van der Waals surface area contributed by atoms with E-state index in [9.17, 15) is 13.2 Å². The van der Waals surface area contributed by atoms with Crippen LogP contribution in [0.25, 0.3) is 0 Å². The number of aromatic nitrogens is 2. The molecule has 0 saturated carbocycles. The first-order valence-corrected chi connectivity index (χ1v) is 11.4. The summed E-state index contributed by atoms with van der Waals surface area (Å²) in [5.41, 5.74) is 1.11. The second-order valence-corrected chi connectivity index (χ2v) is 9.76. The Morgan fingerprint density at radius 2 is 1.85 bits per heavy atom. The zero-order chi connectivity index (χ0) is 18.6. The minimum atomic E-state index is -3.09. The van der Waals surface area contributed by atoms with Crippen LogP contribution in [0.3, 0.4) is 0 Å². The Kier molecular flexibility index (Phi) is 6.00. The van der Waals surface area contributed by atoms with E-state index in [1.165, 1.54) is 36.9 Å². The van der Waals surface area contributed by atoms with Crippen LogP contribution < -0.4 is 5.32 Å². The number of hydrogen-bond acceptors (Lipinski definition) is 7. The number of nitrogens with zero attached hydrogens (tertiary/aromatic N) is 3.